The smallest absolute Gasteiger partial charge is 0.0459 e. The summed E-state index contributed by atoms with van der Waals surface area (Å²) in [7, 11) is 0. The van der Waals surface area contributed by atoms with Crippen molar-refractivity contribution in [1.82, 2.24) is 0 Å². The van der Waals surface area contributed by atoms with Crippen molar-refractivity contribution < 1.29 is 26.8 Å². The van der Waals surface area contributed by atoms with Crippen LogP contribution in [0.4, 0.5) is 0 Å². The van der Waals surface area contributed by atoms with Gasteiger partial charge in [-0.3, -0.25) is 0 Å². The SMILES string of the molecule is CCCCC(CC)CO.CCCCCCCCCC[N-]CCCCCCCCCC.Cl.[Ti]. The number of halogens is 1. The molecular formula is C28H61ClNOTi-. The molecule has 1 unspecified atom stereocenters. The average Bonchev–Trinajstić information content (AvgIpc) is 2.77. The van der Waals surface area contributed by atoms with Crippen molar-refractivity contribution in [2.75, 3.05) is 19.7 Å². The van der Waals surface area contributed by atoms with Gasteiger partial charge in [0.1, 0.15) is 0 Å². The fourth-order valence-corrected chi connectivity index (χ4v) is 3.74. The van der Waals surface area contributed by atoms with E-state index in [9.17, 15) is 0 Å². The van der Waals surface area contributed by atoms with E-state index >= 15 is 0 Å². The second kappa shape index (κ2) is 39.2. The van der Waals surface area contributed by atoms with E-state index in [2.05, 4.69) is 33.0 Å². The zero-order valence-electron chi connectivity index (χ0n) is 22.6. The van der Waals surface area contributed by atoms with E-state index in [1.807, 2.05) is 0 Å². The molecule has 0 aliphatic carbocycles. The molecule has 0 aromatic rings. The Bertz CT molecular complexity index is 260. The molecule has 1 N–H and O–H groups in total. The molecule has 2 nitrogen and oxygen atoms in total. The molecule has 32 heavy (non-hydrogen) atoms. The van der Waals surface area contributed by atoms with Gasteiger partial charge in [-0.25, -0.2) is 0 Å². The molecular weight excluding hydrogens is 450 g/mol. The van der Waals surface area contributed by atoms with Gasteiger partial charge in [-0.2, -0.15) is 0 Å². The number of unbranched alkanes of at least 4 members (excludes halogenated alkanes) is 15. The van der Waals surface area contributed by atoms with Gasteiger partial charge in [0.25, 0.3) is 0 Å². The summed E-state index contributed by atoms with van der Waals surface area (Å²) in [5.41, 5.74) is 0. The topological polar surface area (TPSA) is 34.3 Å². The largest absolute Gasteiger partial charge is 0.662 e. The molecule has 196 valence electrons. The van der Waals surface area contributed by atoms with Crippen LogP contribution in [0, 0.1) is 5.92 Å². The molecule has 0 rings (SSSR count). The number of aliphatic hydroxyl groups excluding tert-OH is 1. The summed E-state index contributed by atoms with van der Waals surface area (Å²) in [6.07, 6.45) is 27.4. The zero-order chi connectivity index (χ0) is 22.5. The first kappa shape index (κ1) is 40.1. The van der Waals surface area contributed by atoms with Crippen LogP contribution < -0.4 is 0 Å². The third kappa shape index (κ3) is 38.2. The quantitative estimate of drug-likeness (QED) is 0.108. The number of nitrogens with zero attached hydrogens (tertiary/aromatic N) is 1. The van der Waals surface area contributed by atoms with Crippen molar-refractivity contribution in [3.8, 4) is 0 Å². The third-order valence-electron chi connectivity index (χ3n) is 6.14. The molecule has 0 aliphatic heterocycles. The number of hydrogen-bond acceptors (Lipinski definition) is 1. The van der Waals surface area contributed by atoms with E-state index in [0.29, 0.717) is 12.5 Å². The molecule has 0 bridgehead atoms. The van der Waals surface area contributed by atoms with E-state index < -0.39 is 0 Å². The van der Waals surface area contributed by atoms with Crippen LogP contribution in [-0.2, 0) is 21.7 Å². The van der Waals surface area contributed by atoms with Crippen molar-refractivity contribution in [3.63, 3.8) is 0 Å². The van der Waals surface area contributed by atoms with Gasteiger partial charge in [0, 0.05) is 28.3 Å². The van der Waals surface area contributed by atoms with Crippen molar-refractivity contribution >= 4 is 12.4 Å². The molecule has 0 aliphatic rings. The predicted molar refractivity (Wildman–Crippen MR) is 146 cm³/mol. The minimum Gasteiger partial charge on any atom is -0.662 e. The Balaban J connectivity index is -0.000000303. The average molecular weight is 511 g/mol. The summed E-state index contributed by atoms with van der Waals surface area (Å²) in [6.45, 7) is 11.5. The molecule has 4 heteroatoms. The standard InChI is InChI=1S/C20H42N.C8H18O.ClH.Ti/c1-3-5-7-9-11-13-15-17-19-21-20-18-16-14-12-10-8-6-4-2;1-3-5-6-8(4-2)7-9;;/h3-20H2,1-2H3;8-9H,3-7H2,1-2H3;1H;/q-1;;;. The molecule has 0 aromatic carbocycles. The molecule has 0 saturated heterocycles. The first-order chi connectivity index (χ1) is 14.8. The summed E-state index contributed by atoms with van der Waals surface area (Å²) >= 11 is 0. The van der Waals surface area contributed by atoms with E-state index in [4.69, 9.17) is 5.11 Å². The Hall–Kier alpha value is 0.924. The van der Waals surface area contributed by atoms with Crippen LogP contribution >= 0.6 is 12.4 Å². The summed E-state index contributed by atoms with van der Waals surface area (Å²) < 4.78 is 0. The second-order valence-corrected chi connectivity index (χ2v) is 9.22. The van der Waals surface area contributed by atoms with Crippen molar-refractivity contribution in [2.45, 2.75) is 156 Å². The fraction of sp³-hybridized carbons (Fsp3) is 1.00. The molecule has 0 aromatic heterocycles. The minimum atomic E-state index is 0. The normalized spacial score (nSPS) is 11.2. The summed E-state index contributed by atoms with van der Waals surface area (Å²) in [6, 6.07) is 0. The zero-order valence-corrected chi connectivity index (χ0v) is 25.0. The van der Waals surface area contributed by atoms with Crippen LogP contribution in [0.2, 0.25) is 0 Å². The predicted octanol–water partition coefficient (Wildman–Crippen LogP) is 10.3. The molecule has 0 fully saturated rings. The second-order valence-electron chi connectivity index (χ2n) is 9.22. The molecule has 0 spiro atoms. The van der Waals surface area contributed by atoms with Crippen molar-refractivity contribution in [2.24, 2.45) is 5.92 Å². The van der Waals surface area contributed by atoms with Crippen LogP contribution in [0.5, 0.6) is 0 Å². The maximum Gasteiger partial charge on any atom is 0.0459 e. The molecule has 0 amide bonds. The number of aliphatic hydroxyl groups is 1. The summed E-state index contributed by atoms with van der Waals surface area (Å²) in [4.78, 5) is 0. The van der Waals surface area contributed by atoms with Crippen LogP contribution in [0.15, 0.2) is 0 Å². The molecule has 0 heterocycles. The van der Waals surface area contributed by atoms with E-state index in [-0.39, 0.29) is 34.1 Å². The van der Waals surface area contributed by atoms with E-state index in [1.165, 1.54) is 122 Å². The monoisotopic (exact) mass is 510 g/mol. The Morgan fingerprint density at radius 3 is 1.19 bits per heavy atom. The van der Waals surface area contributed by atoms with Gasteiger partial charge in [0.15, 0.2) is 0 Å². The molecule has 0 saturated carbocycles. The Kier molecular flexibility index (Phi) is 49.1. The Morgan fingerprint density at radius 1 is 0.531 bits per heavy atom. The Morgan fingerprint density at radius 2 is 0.875 bits per heavy atom. The van der Waals surface area contributed by atoms with Gasteiger partial charge in [-0.15, -0.1) is 25.5 Å². The van der Waals surface area contributed by atoms with Crippen molar-refractivity contribution in [3.05, 3.63) is 5.32 Å². The maximum atomic E-state index is 8.75. The summed E-state index contributed by atoms with van der Waals surface area (Å²) in [5, 5.41) is 13.4. The van der Waals surface area contributed by atoms with Gasteiger partial charge in [-0.05, 0) is 12.3 Å². The fourth-order valence-electron chi connectivity index (χ4n) is 3.74. The molecule has 0 radical (unpaired) electrons. The first-order valence-electron chi connectivity index (χ1n) is 14.0. The van der Waals surface area contributed by atoms with Gasteiger partial charge < -0.3 is 10.4 Å². The van der Waals surface area contributed by atoms with Crippen LogP contribution in [-0.4, -0.2) is 24.8 Å². The number of hydrogen-bond donors (Lipinski definition) is 1. The molecule has 1 atom stereocenters. The van der Waals surface area contributed by atoms with Gasteiger partial charge in [0.2, 0.25) is 0 Å². The van der Waals surface area contributed by atoms with Gasteiger partial charge in [0.05, 0.1) is 0 Å². The Labute approximate surface area is 225 Å². The van der Waals surface area contributed by atoms with E-state index in [0.717, 1.165) is 19.5 Å². The van der Waals surface area contributed by atoms with Gasteiger partial charge in [-0.1, -0.05) is 150 Å². The minimum absolute atomic E-state index is 0. The maximum absolute atomic E-state index is 8.75. The van der Waals surface area contributed by atoms with Gasteiger partial charge >= 0.3 is 0 Å². The van der Waals surface area contributed by atoms with Crippen LogP contribution in [0.25, 0.3) is 5.32 Å². The van der Waals surface area contributed by atoms with Crippen LogP contribution in [0.3, 0.4) is 0 Å². The summed E-state index contributed by atoms with van der Waals surface area (Å²) in [5.74, 6) is 0.560. The first-order valence-corrected chi connectivity index (χ1v) is 14.0. The van der Waals surface area contributed by atoms with Crippen molar-refractivity contribution in [1.29, 1.82) is 0 Å². The van der Waals surface area contributed by atoms with Crippen LogP contribution in [0.1, 0.15) is 156 Å². The van der Waals surface area contributed by atoms with E-state index in [1.54, 1.807) is 0 Å². The third-order valence-corrected chi connectivity index (χ3v) is 6.14. The number of rotatable bonds is 23.